The number of aryl methyl sites for hydroxylation is 3. The quantitative estimate of drug-likeness (QED) is 0.688. The molecule has 0 aliphatic rings. The fourth-order valence-electron chi connectivity index (χ4n) is 2.72. The van der Waals surface area contributed by atoms with Crippen LogP contribution in [-0.2, 0) is 6.54 Å². The molecule has 27 heavy (non-hydrogen) atoms. The van der Waals surface area contributed by atoms with Gasteiger partial charge in [0, 0.05) is 25.0 Å². The zero-order valence-electron chi connectivity index (χ0n) is 15.4. The Balaban J connectivity index is 1.78. The molecule has 138 valence electrons. The van der Waals surface area contributed by atoms with Crippen molar-refractivity contribution in [1.82, 2.24) is 15.0 Å². The highest BCUT2D eigenvalue weighted by atomic mass is 35.5. The van der Waals surface area contributed by atoms with E-state index in [9.17, 15) is 4.79 Å². The second-order valence-electron chi connectivity index (χ2n) is 6.29. The third-order valence-corrected chi connectivity index (χ3v) is 4.26. The maximum absolute atomic E-state index is 12.7. The van der Waals surface area contributed by atoms with Crippen molar-refractivity contribution in [1.29, 1.82) is 0 Å². The van der Waals surface area contributed by atoms with Crippen molar-refractivity contribution in [2.45, 2.75) is 27.3 Å². The third-order valence-electron chi connectivity index (χ3n) is 3.96. The van der Waals surface area contributed by atoms with Gasteiger partial charge in [-0.15, -0.1) is 0 Å². The maximum Gasteiger partial charge on any atom is 0.274 e. The van der Waals surface area contributed by atoms with E-state index >= 15 is 0 Å². The molecule has 0 saturated carbocycles. The molecule has 2 heterocycles. The van der Waals surface area contributed by atoms with Gasteiger partial charge in [0.1, 0.15) is 17.3 Å². The van der Waals surface area contributed by atoms with Gasteiger partial charge in [-0.05, 0) is 55.7 Å². The van der Waals surface area contributed by atoms with Gasteiger partial charge in [0.15, 0.2) is 0 Å². The Labute approximate surface area is 163 Å². The first-order valence-electron chi connectivity index (χ1n) is 8.49. The van der Waals surface area contributed by atoms with Crippen molar-refractivity contribution in [3.05, 3.63) is 76.0 Å². The standard InChI is InChI=1S/C20H20ClN5O/c1-12-8-13(2)19(16(21)9-12)26-20(27)17-10-18(25-14(3)24-17)23-11-15-4-6-22-7-5-15/h4-10H,11H2,1-3H3,(H,26,27)(H,23,24,25). The third kappa shape index (κ3) is 4.80. The fourth-order valence-corrected chi connectivity index (χ4v) is 3.09. The lowest BCUT2D eigenvalue weighted by Crippen LogP contribution is -2.17. The van der Waals surface area contributed by atoms with E-state index < -0.39 is 0 Å². The number of carbonyl (C=O) groups is 1. The predicted molar refractivity (Wildman–Crippen MR) is 107 cm³/mol. The second kappa shape index (κ2) is 8.14. The van der Waals surface area contributed by atoms with Crippen LogP contribution in [0.15, 0.2) is 42.7 Å². The van der Waals surface area contributed by atoms with E-state index in [0.29, 0.717) is 28.9 Å². The molecule has 0 aliphatic carbocycles. The van der Waals surface area contributed by atoms with Gasteiger partial charge in [0.2, 0.25) is 0 Å². The number of hydrogen-bond donors (Lipinski definition) is 2. The number of nitrogens with one attached hydrogen (secondary N) is 2. The van der Waals surface area contributed by atoms with Crippen molar-refractivity contribution < 1.29 is 4.79 Å². The van der Waals surface area contributed by atoms with E-state index in [1.165, 1.54) is 0 Å². The largest absolute Gasteiger partial charge is 0.366 e. The number of pyridine rings is 1. The summed E-state index contributed by atoms with van der Waals surface area (Å²) in [5, 5.41) is 6.56. The van der Waals surface area contributed by atoms with E-state index in [-0.39, 0.29) is 11.6 Å². The summed E-state index contributed by atoms with van der Waals surface area (Å²) in [7, 11) is 0. The minimum atomic E-state index is -0.332. The molecule has 3 aromatic rings. The molecule has 2 N–H and O–H groups in total. The fraction of sp³-hybridized carbons (Fsp3) is 0.200. The summed E-state index contributed by atoms with van der Waals surface area (Å²) >= 11 is 6.28. The summed E-state index contributed by atoms with van der Waals surface area (Å²) in [5.41, 5.74) is 3.87. The molecule has 0 bridgehead atoms. The van der Waals surface area contributed by atoms with Crippen molar-refractivity contribution in [3.63, 3.8) is 0 Å². The molecule has 1 aromatic carbocycles. The molecule has 0 saturated heterocycles. The first kappa shape index (κ1) is 18.8. The van der Waals surface area contributed by atoms with Crippen molar-refractivity contribution in [3.8, 4) is 0 Å². The molecule has 0 spiro atoms. The monoisotopic (exact) mass is 381 g/mol. The minimum Gasteiger partial charge on any atom is -0.366 e. The molecule has 1 amide bonds. The summed E-state index contributed by atoms with van der Waals surface area (Å²) in [6.07, 6.45) is 3.46. The summed E-state index contributed by atoms with van der Waals surface area (Å²) in [4.78, 5) is 25.3. The number of nitrogens with zero attached hydrogens (tertiary/aromatic N) is 3. The van der Waals surface area contributed by atoms with Crippen molar-refractivity contribution in [2.24, 2.45) is 0 Å². The summed E-state index contributed by atoms with van der Waals surface area (Å²) in [5.74, 6) is 0.754. The molecule has 0 unspecified atom stereocenters. The Bertz CT molecular complexity index is 952. The normalized spacial score (nSPS) is 10.5. The average molecular weight is 382 g/mol. The van der Waals surface area contributed by atoms with E-state index in [2.05, 4.69) is 25.6 Å². The van der Waals surface area contributed by atoms with Gasteiger partial charge >= 0.3 is 0 Å². The lowest BCUT2D eigenvalue weighted by molar-refractivity contribution is 0.102. The number of anilines is 2. The summed E-state index contributed by atoms with van der Waals surface area (Å²) in [6, 6.07) is 9.24. The Morgan fingerprint density at radius 3 is 2.52 bits per heavy atom. The van der Waals surface area contributed by atoms with Gasteiger partial charge in [-0.3, -0.25) is 9.78 Å². The van der Waals surface area contributed by atoms with E-state index in [1.54, 1.807) is 25.4 Å². The topological polar surface area (TPSA) is 79.8 Å². The average Bonchev–Trinajstić information content (AvgIpc) is 2.63. The highest BCUT2D eigenvalue weighted by Gasteiger charge is 2.14. The smallest absolute Gasteiger partial charge is 0.274 e. The number of halogens is 1. The Hall–Kier alpha value is -2.99. The molecule has 2 aromatic heterocycles. The number of carbonyl (C=O) groups excluding carboxylic acids is 1. The Morgan fingerprint density at radius 1 is 1.07 bits per heavy atom. The van der Waals surface area contributed by atoms with Crippen LogP contribution in [0.2, 0.25) is 5.02 Å². The van der Waals surface area contributed by atoms with Crippen LogP contribution >= 0.6 is 11.6 Å². The highest BCUT2D eigenvalue weighted by molar-refractivity contribution is 6.34. The molecule has 0 aliphatic heterocycles. The number of amides is 1. The SMILES string of the molecule is Cc1cc(C)c(NC(=O)c2cc(NCc3ccncc3)nc(C)n2)c(Cl)c1. The Morgan fingerprint density at radius 2 is 1.81 bits per heavy atom. The van der Waals surface area contributed by atoms with Crippen LogP contribution in [0.3, 0.4) is 0 Å². The molecule has 0 fully saturated rings. The van der Waals surface area contributed by atoms with Gasteiger partial charge in [-0.2, -0.15) is 0 Å². The molecule has 0 atom stereocenters. The molecular weight excluding hydrogens is 362 g/mol. The van der Waals surface area contributed by atoms with Crippen LogP contribution in [0, 0.1) is 20.8 Å². The van der Waals surface area contributed by atoms with Crippen LogP contribution in [0.4, 0.5) is 11.5 Å². The molecule has 3 rings (SSSR count). The van der Waals surface area contributed by atoms with Gasteiger partial charge in [0.25, 0.3) is 5.91 Å². The lowest BCUT2D eigenvalue weighted by atomic mass is 10.1. The zero-order valence-corrected chi connectivity index (χ0v) is 16.1. The van der Waals surface area contributed by atoms with Gasteiger partial charge < -0.3 is 10.6 Å². The van der Waals surface area contributed by atoms with Crippen LogP contribution in [0.5, 0.6) is 0 Å². The minimum absolute atomic E-state index is 0.274. The maximum atomic E-state index is 12.7. The number of benzene rings is 1. The van der Waals surface area contributed by atoms with Crippen molar-refractivity contribution in [2.75, 3.05) is 10.6 Å². The zero-order chi connectivity index (χ0) is 19.4. The second-order valence-corrected chi connectivity index (χ2v) is 6.69. The number of hydrogen-bond acceptors (Lipinski definition) is 5. The number of rotatable bonds is 5. The van der Waals surface area contributed by atoms with Gasteiger partial charge in [-0.1, -0.05) is 17.7 Å². The summed E-state index contributed by atoms with van der Waals surface area (Å²) in [6.45, 7) is 6.18. The molecule has 6 nitrogen and oxygen atoms in total. The van der Waals surface area contributed by atoms with Gasteiger partial charge in [-0.25, -0.2) is 9.97 Å². The van der Waals surface area contributed by atoms with Crippen LogP contribution < -0.4 is 10.6 Å². The van der Waals surface area contributed by atoms with Crippen LogP contribution in [0.25, 0.3) is 0 Å². The lowest BCUT2D eigenvalue weighted by Gasteiger charge is -2.12. The summed E-state index contributed by atoms with van der Waals surface area (Å²) < 4.78 is 0. The van der Waals surface area contributed by atoms with Crippen LogP contribution in [0.1, 0.15) is 33.0 Å². The van der Waals surface area contributed by atoms with E-state index in [4.69, 9.17) is 11.6 Å². The number of aromatic nitrogens is 3. The Kier molecular flexibility index (Phi) is 5.66. The molecule has 0 radical (unpaired) electrons. The first-order chi connectivity index (χ1) is 12.9. The van der Waals surface area contributed by atoms with E-state index in [1.807, 2.05) is 38.1 Å². The van der Waals surface area contributed by atoms with Gasteiger partial charge in [0.05, 0.1) is 10.7 Å². The predicted octanol–water partition coefficient (Wildman–Crippen LogP) is 4.31. The first-order valence-corrected chi connectivity index (χ1v) is 8.87. The van der Waals surface area contributed by atoms with Crippen molar-refractivity contribution >= 4 is 29.0 Å². The highest BCUT2D eigenvalue weighted by Crippen LogP contribution is 2.27. The molecular formula is C20H20ClN5O. The van der Waals surface area contributed by atoms with Crippen LogP contribution in [-0.4, -0.2) is 20.9 Å². The van der Waals surface area contributed by atoms with E-state index in [0.717, 1.165) is 16.7 Å². The molecule has 7 heteroatoms.